The fraction of sp³-hybridized carbons (Fsp3) is 0.222. The number of anilines is 1. The lowest BCUT2D eigenvalue weighted by Crippen LogP contribution is -2.55. The highest BCUT2D eigenvalue weighted by atomic mass is 16.5. The molecule has 0 radical (unpaired) electrons. The minimum Gasteiger partial charge on any atom is -0.491 e. The van der Waals surface area contributed by atoms with Crippen LogP contribution in [0.15, 0.2) is 48.7 Å². The van der Waals surface area contributed by atoms with Gasteiger partial charge < -0.3 is 15.0 Å². The zero-order chi connectivity index (χ0) is 16.1. The van der Waals surface area contributed by atoms with Crippen LogP contribution in [0, 0.1) is 4.91 Å². The number of nitroso groups, excluding NO2 is 1. The number of H-pyrrole nitrogens is 1. The molecule has 0 aliphatic rings. The first kappa shape index (κ1) is 15.1. The number of nitrogens with one attached hydrogen (secondary N) is 3. The van der Waals surface area contributed by atoms with Gasteiger partial charge in [-0.05, 0) is 31.0 Å². The van der Waals surface area contributed by atoms with E-state index in [9.17, 15) is 4.91 Å². The summed E-state index contributed by atoms with van der Waals surface area (Å²) in [7, 11) is 0. The van der Waals surface area contributed by atoms with E-state index in [1.54, 1.807) is 12.1 Å². The molecule has 3 aromatic rings. The predicted octanol–water partition coefficient (Wildman–Crippen LogP) is 2.70. The molecule has 0 saturated heterocycles. The average Bonchev–Trinajstić information content (AvgIpc) is 3.00. The van der Waals surface area contributed by atoms with Gasteiger partial charge in [0.2, 0.25) is 0 Å². The molecule has 0 atom stereocenters. The van der Waals surface area contributed by atoms with Gasteiger partial charge in [-0.3, -0.25) is 0 Å². The smallest absolute Gasteiger partial charge is 0.257 e. The highest BCUT2D eigenvalue weighted by molar-refractivity contribution is 5.83. The Bertz CT molecular complexity index is 811. The molecule has 3 rings (SSSR count). The molecule has 1 heterocycles. The largest absolute Gasteiger partial charge is 0.491 e. The normalized spacial score (nSPS) is 10.7. The molecular formula is C18H20N3O2+. The number of ether oxygens (including phenoxy) is 1. The van der Waals surface area contributed by atoms with E-state index in [-0.39, 0.29) is 0 Å². The van der Waals surface area contributed by atoms with Gasteiger partial charge in [0.15, 0.2) is 0 Å². The van der Waals surface area contributed by atoms with Gasteiger partial charge in [-0.2, -0.15) is 0 Å². The Balaban J connectivity index is 1.69. The third-order valence-corrected chi connectivity index (χ3v) is 3.78. The third-order valence-electron chi connectivity index (χ3n) is 3.78. The van der Waals surface area contributed by atoms with Crippen molar-refractivity contribution in [3.63, 3.8) is 0 Å². The fourth-order valence-corrected chi connectivity index (χ4v) is 2.68. The molecule has 0 aliphatic heterocycles. The van der Waals surface area contributed by atoms with Crippen molar-refractivity contribution in [2.45, 2.75) is 13.3 Å². The average molecular weight is 310 g/mol. The molecule has 5 nitrogen and oxygen atoms in total. The number of hydrogen-bond donors (Lipinski definition) is 3. The molecule has 0 fully saturated rings. The van der Waals surface area contributed by atoms with E-state index in [1.165, 1.54) is 10.9 Å². The van der Waals surface area contributed by atoms with Crippen molar-refractivity contribution in [2.75, 3.05) is 18.5 Å². The highest BCUT2D eigenvalue weighted by Gasteiger charge is 2.09. The Morgan fingerprint density at radius 2 is 2.09 bits per heavy atom. The number of benzene rings is 2. The van der Waals surface area contributed by atoms with Gasteiger partial charge in [-0.1, -0.05) is 18.2 Å². The second-order valence-corrected chi connectivity index (χ2v) is 5.28. The highest BCUT2D eigenvalue weighted by Crippen LogP contribution is 2.27. The standard InChI is InChI=1S/C18H19N3O2/c1-2-23-18-11-14(21-22)7-8-17(18)19-10-9-13-12-20-16-6-4-3-5-15(13)16/h3-8,11-12,19-20H,2,9-10H2,1H3/p+1. The zero-order valence-electron chi connectivity index (χ0n) is 13.1. The van der Waals surface area contributed by atoms with Crippen molar-refractivity contribution in [1.82, 2.24) is 4.98 Å². The monoisotopic (exact) mass is 310 g/mol. The van der Waals surface area contributed by atoms with E-state index in [0.717, 1.165) is 24.2 Å². The summed E-state index contributed by atoms with van der Waals surface area (Å²) in [5.74, 6) is 0.687. The summed E-state index contributed by atoms with van der Waals surface area (Å²) >= 11 is 0. The van der Waals surface area contributed by atoms with E-state index in [1.807, 2.05) is 24.2 Å². The van der Waals surface area contributed by atoms with Crippen LogP contribution in [-0.4, -0.2) is 18.1 Å². The van der Waals surface area contributed by atoms with Crippen molar-refractivity contribution in [3.8, 4) is 5.75 Å². The van der Waals surface area contributed by atoms with Crippen molar-refractivity contribution in [3.05, 3.63) is 59.1 Å². The number of aromatic nitrogens is 1. The van der Waals surface area contributed by atoms with E-state index in [0.29, 0.717) is 18.0 Å². The molecule has 3 N–H and O–H groups in total. The number of hydrogen-bond acceptors (Lipinski definition) is 3. The first-order valence-corrected chi connectivity index (χ1v) is 7.75. The van der Waals surface area contributed by atoms with Gasteiger partial charge in [0.1, 0.15) is 5.75 Å². The van der Waals surface area contributed by atoms with Crippen LogP contribution in [0.25, 0.3) is 10.9 Å². The molecular weight excluding hydrogens is 290 g/mol. The van der Waals surface area contributed by atoms with Crippen LogP contribution in [0.5, 0.6) is 5.75 Å². The van der Waals surface area contributed by atoms with E-state index in [2.05, 4.69) is 34.7 Å². The Kier molecular flexibility index (Phi) is 4.57. The van der Waals surface area contributed by atoms with Crippen LogP contribution in [0.3, 0.4) is 0 Å². The predicted molar refractivity (Wildman–Crippen MR) is 92.1 cm³/mol. The lowest BCUT2D eigenvalue weighted by molar-refractivity contribution is -0.379. The number of aromatic amines is 1. The number of rotatable bonds is 7. The summed E-state index contributed by atoms with van der Waals surface area (Å²) in [6.07, 6.45) is 2.96. The second kappa shape index (κ2) is 6.96. The topological polar surface area (TPSA) is 68.1 Å². The second-order valence-electron chi connectivity index (χ2n) is 5.28. The maximum absolute atomic E-state index is 10.8. The van der Waals surface area contributed by atoms with Crippen LogP contribution >= 0.6 is 0 Å². The molecule has 5 heteroatoms. The van der Waals surface area contributed by atoms with Crippen LogP contribution in [0.4, 0.5) is 11.4 Å². The summed E-state index contributed by atoms with van der Waals surface area (Å²) in [5.41, 5.74) is 3.83. The molecule has 1 aromatic heterocycles. The van der Waals surface area contributed by atoms with Crippen molar-refractivity contribution >= 4 is 22.3 Å². The fourth-order valence-electron chi connectivity index (χ4n) is 2.68. The molecule has 0 aliphatic carbocycles. The molecule has 118 valence electrons. The molecule has 0 amide bonds. The molecule has 23 heavy (non-hydrogen) atoms. The minimum atomic E-state index is 0.496. The van der Waals surface area contributed by atoms with Crippen LogP contribution < -0.4 is 15.2 Å². The van der Waals surface area contributed by atoms with E-state index >= 15 is 0 Å². The summed E-state index contributed by atoms with van der Waals surface area (Å²) in [6, 6.07) is 13.6. The Hall–Kier alpha value is -2.82. The van der Waals surface area contributed by atoms with Crippen LogP contribution in [0.1, 0.15) is 12.5 Å². The van der Waals surface area contributed by atoms with E-state index < -0.39 is 0 Å². The summed E-state index contributed by atoms with van der Waals surface area (Å²) in [6.45, 7) is 3.26. The summed E-state index contributed by atoms with van der Waals surface area (Å²) < 4.78 is 5.59. The maximum atomic E-state index is 10.8. The summed E-state index contributed by atoms with van der Waals surface area (Å²) in [5, 5.41) is 6.53. The first-order chi connectivity index (χ1) is 11.3. The van der Waals surface area contributed by atoms with Crippen LogP contribution in [-0.2, 0) is 6.42 Å². The zero-order valence-corrected chi connectivity index (χ0v) is 13.1. The van der Waals surface area contributed by atoms with Gasteiger partial charge in [0, 0.05) is 39.8 Å². The van der Waals surface area contributed by atoms with Crippen molar-refractivity contribution in [2.24, 2.45) is 0 Å². The Morgan fingerprint density at radius 3 is 2.91 bits per heavy atom. The molecule has 0 saturated carbocycles. The Labute approximate surface area is 134 Å². The van der Waals surface area contributed by atoms with Crippen LogP contribution in [0.2, 0.25) is 0 Å². The molecule has 0 unspecified atom stereocenters. The van der Waals surface area contributed by atoms with Gasteiger partial charge in [0.25, 0.3) is 5.69 Å². The Morgan fingerprint density at radius 1 is 1.22 bits per heavy atom. The lowest BCUT2D eigenvalue weighted by atomic mass is 10.1. The van der Waals surface area contributed by atoms with Crippen molar-refractivity contribution in [1.29, 1.82) is 0 Å². The molecule has 2 aromatic carbocycles. The minimum absolute atomic E-state index is 0.496. The molecule has 0 bridgehead atoms. The van der Waals surface area contributed by atoms with Gasteiger partial charge in [-0.15, -0.1) is 0 Å². The first-order valence-electron chi connectivity index (χ1n) is 7.75. The van der Waals surface area contributed by atoms with E-state index in [4.69, 9.17) is 4.74 Å². The number of para-hydroxylation sites is 1. The third kappa shape index (κ3) is 3.34. The van der Waals surface area contributed by atoms with Gasteiger partial charge in [-0.25, -0.2) is 0 Å². The maximum Gasteiger partial charge on any atom is 0.257 e. The van der Waals surface area contributed by atoms with Crippen molar-refractivity contribution < 1.29 is 9.91 Å². The quantitative estimate of drug-likeness (QED) is 0.628. The van der Waals surface area contributed by atoms with Gasteiger partial charge >= 0.3 is 0 Å². The lowest BCUT2D eigenvalue weighted by Gasteiger charge is -2.11. The summed E-state index contributed by atoms with van der Waals surface area (Å²) in [4.78, 5) is 14.1. The SMILES string of the molecule is CCOc1cc([NH+]=O)ccc1NCCc1c[nH]c2ccccc12. The molecule has 0 spiro atoms. The number of fused-ring (bicyclic) bond motifs is 1. The van der Waals surface area contributed by atoms with Gasteiger partial charge in [0.05, 0.1) is 18.4 Å².